The van der Waals surface area contributed by atoms with Crippen LogP contribution in [0.4, 0.5) is 17.6 Å². The lowest BCUT2D eigenvalue weighted by Crippen LogP contribution is -2.33. The number of pyridine rings is 1. The summed E-state index contributed by atoms with van der Waals surface area (Å²) in [5.41, 5.74) is 0.279. The van der Waals surface area contributed by atoms with Gasteiger partial charge in [0.05, 0.1) is 12.7 Å². The predicted octanol–water partition coefficient (Wildman–Crippen LogP) is 3.25. The van der Waals surface area contributed by atoms with Gasteiger partial charge in [0.2, 0.25) is 0 Å². The number of halogens is 4. The molecule has 1 aliphatic rings. The van der Waals surface area contributed by atoms with Crippen LogP contribution in [0.15, 0.2) is 36.5 Å². The number of hydrogen-bond acceptors (Lipinski definition) is 4. The molecule has 0 spiro atoms. The van der Waals surface area contributed by atoms with Crippen molar-refractivity contribution in [1.82, 2.24) is 10.3 Å². The lowest BCUT2D eigenvalue weighted by atomic mass is 10.00. The average molecular weight is 382 g/mol. The average Bonchev–Trinajstić information content (AvgIpc) is 2.64. The van der Waals surface area contributed by atoms with Gasteiger partial charge in [0.1, 0.15) is 17.3 Å². The summed E-state index contributed by atoms with van der Waals surface area (Å²) < 4.78 is 57.4. The van der Waals surface area contributed by atoms with Crippen molar-refractivity contribution in [2.24, 2.45) is 0 Å². The molecule has 0 amide bonds. The molecule has 1 aromatic carbocycles. The summed E-state index contributed by atoms with van der Waals surface area (Å²) in [4.78, 5) is 15.5. The Labute approximate surface area is 153 Å². The van der Waals surface area contributed by atoms with Crippen LogP contribution >= 0.6 is 0 Å². The minimum Gasteiger partial charge on any atom is -0.371 e. The molecule has 0 aliphatic carbocycles. The van der Waals surface area contributed by atoms with Gasteiger partial charge in [-0.15, -0.1) is 0 Å². The number of alkyl halides is 3. The Morgan fingerprint density at radius 1 is 1.22 bits per heavy atom. The van der Waals surface area contributed by atoms with Crippen LogP contribution in [0, 0.1) is 5.82 Å². The quantitative estimate of drug-likeness (QED) is 0.807. The molecule has 0 radical (unpaired) electrons. The highest BCUT2D eigenvalue weighted by Gasteiger charge is 2.32. The maximum absolute atomic E-state index is 14.3. The van der Waals surface area contributed by atoms with Gasteiger partial charge in [-0.3, -0.25) is 9.78 Å². The van der Waals surface area contributed by atoms with Crippen molar-refractivity contribution >= 4 is 5.78 Å². The van der Waals surface area contributed by atoms with Gasteiger partial charge in [-0.25, -0.2) is 4.39 Å². The minimum absolute atomic E-state index is 0.109. The highest BCUT2D eigenvalue weighted by atomic mass is 19.4. The van der Waals surface area contributed by atoms with E-state index in [1.54, 1.807) is 12.1 Å². The summed E-state index contributed by atoms with van der Waals surface area (Å²) in [7, 11) is 0. The fourth-order valence-electron chi connectivity index (χ4n) is 2.89. The van der Waals surface area contributed by atoms with E-state index in [4.69, 9.17) is 4.74 Å². The van der Waals surface area contributed by atoms with Gasteiger partial charge in [-0.1, -0.05) is 18.2 Å². The molecule has 1 aliphatic heterocycles. The van der Waals surface area contributed by atoms with Crippen molar-refractivity contribution in [2.45, 2.75) is 25.1 Å². The maximum atomic E-state index is 14.3. The van der Waals surface area contributed by atoms with E-state index in [0.29, 0.717) is 24.3 Å². The molecule has 1 saturated heterocycles. The van der Waals surface area contributed by atoms with Gasteiger partial charge < -0.3 is 10.1 Å². The molecule has 1 aromatic heterocycles. The van der Waals surface area contributed by atoms with Crippen molar-refractivity contribution in [3.05, 3.63) is 64.7 Å². The van der Waals surface area contributed by atoms with Crippen LogP contribution in [0.3, 0.4) is 0 Å². The summed E-state index contributed by atoms with van der Waals surface area (Å²) in [6, 6.07) is 6.67. The lowest BCUT2D eigenvalue weighted by Gasteiger charge is -2.24. The number of morpholine rings is 1. The summed E-state index contributed by atoms with van der Waals surface area (Å²) in [5, 5.41) is 3.16. The highest BCUT2D eigenvalue weighted by molar-refractivity contribution is 5.83. The van der Waals surface area contributed by atoms with Gasteiger partial charge >= 0.3 is 6.18 Å². The zero-order valence-corrected chi connectivity index (χ0v) is 14.4. The molecule has 1 fully saturated rings. The topological polar surface area (TPSA) is 51.2 Å². The van der Waals surface area contributed by atoms with E-state index in [0.717, 1.165) is 18.8 Å². The largest absolute Gasteiger partial charge is 0.433 e. The number of nitrogens with zero attached hydrogens (tertiary/aromatic N) is 1. The zero-order chi connectivity index (χ0) is 19.4. The Morgan fingerprint density at radius 3 is 2.63 bits per heavy atom. The highest BCUT2D eigenvalue weighted by Crippen LogP contribution is 2.27. The fourth-order valence-corrected chi connectivity index (χ4v) is 2.89. The molecule has 144 valence electrons. The molecule has 3 rings (SSSR count). The molecule has 0 unspecified atom stereocenters. The van der Waals surface area contributed by atoms with Gasteiger partial charge in [0, 0.05) is 32.1 Å². The summed E-state index contributed by atoms with van der Waals surface area (Å²) in [6.45, 7) is 1.90. The van der Waals surface area contributed by atoms with E-state index in [1.807, 2.05) is 0 Å². The van der Waals surface area contributed by atoms with Gasteiger partial charge in [-0.05, 0) is 28.8 Å². The minimum atomic E-state index is -4.52. The number of carbonyl (C=O) groups is 1. The Balaban J connectivity index is 1.62. The third kappa shape index (κ3) is 5.11. The second kappa shape index (κ2) is 8.14. The van der Waals surface area contributed by atoms with Crippen LogP contribution in [-0.2, 0) is 28.5 Å². The first kappa shape index (κ1) is 19.4. The van der Waals surface area contributed by atoms with Gasteiger partial charge in [0.15, 0.2) is 0 Å². The monoisotopic (exact) mass is 382 g/mol. The van der Waals surface area contributed by atoms with Crippen molar-refractivity contribution in [3.8, 4) is 0 Å². The van der Waals surface area contributed by atoms with E-state index in [9.17, 15) is 22.4 Å². The van der Waals surface area contributed by atoms with Crippen LogP contribution in [0.25, 0.3) is 0 Å². The number of aromatic nitrogens is 1. The second-order valence-electron chi connectivity index (χ2n) is 6.36. The standard InChI is InChI=1S/C19H18F4N2O2/c20-16-9-14(17-11-24-5-6-27-17)3-2-13(16)8-15(26)7-12-1-4-18(25-10-12)19(21,22)23/h1-4,9-10,17,24H,5-8,11H2/t17-/m1/s1. The number of carbonyl (C=O) groups excluding carboxylic acids is 1. The van der Waals surface area contributed by atoms with Crippen LogP contribution in [-0.4, -0.2) is 30.5 Å². The molecule has 2 aromatic rings. The first-order chi connectivity index (χ1) is 12.8. The lowest BCUT2D eigenvalue weighted by molar-refractivity contribution is -0.141. The molecular weight excluding hydrogens is 364 g/mol. The third-order valence-corrected chi connectivity index (χ3v) is 4.28. The molecule has 1 N–H and O–H groups in total. The first-order valence-electron chi connectivity index (χ1n) is 8.47. The number of benzene rings is 1. The molecule has 1 atom stereocenters. The number of rotatable bonds is 5. The maximum Gasteiger partial charge on any atom is 0.433 e. The summed E-state index contributed by atoms with van der Waals surface area (Å²) in [6.07, 6.45) is -3.98. The van der Waals surface area contributed by atoms with E-state index in [1.165, 1.54) is 12.1 Å². The number of ether oxygens (including phenoxy) is 1. The van der Waals surface area contributed by atoms with Gasteiger partial charge in [-0.2, -0.15) is 13.2 Å². The number of hydrogen-bond donors (Lipinski definition) is 1. The molecule has 4 nitrogen and oxygen atoms in total. The molecule has 8 heteroatoms. The van der Waals surface area contributed by atoms with Crippen LogP contribution in [0.1, 0.15) is 28.5 Å². The first-order valence-corrected chi connectivity index (χ1v) is 8.47. The number of nitrogens with one attached hydrogen (secondary N) is 1. The molecule has 0 bridgehead atoms. The number of Topliss-reactive ketones (excluding diaryl/α,β-unsaturated/α-hetero) is 1. The van der Waals surface area contributed by atoms with E-state index in [2.05, 4.69) is 10.3 Å². The third-order valence-electron chi connectivity index (χ3n) is 4.28. The van der Waals surface area contributed by atoms with Gasteiger partial charge in [0.25, 0.3) is 0 Å². The van der Waals surface area contributed by atoms with Crippen LogP contribution in [0.2, 0.25) is 0 Å². The van der Waals surface area contributed by atoms with Crippen molar-refractivity contribution in [2.75, 3.05) is 19.7 Å². The summed E-state index contributed by atoms with van der Waals surface area (Å²) in [5.74, 6) is -0.806. The molecule has 2 heterocycles. The number of ketones is 1. The zero-order valence-electron chi connectivity index (χ0n) is 14.4. The Bertz CT molecular complexity index is 800. The predicted molar refractivity (Wildman–Crippen MR) is 89.6 cm³/mol. The Hall–Kier alpha value is -2.32. The Kier molecular flexibility index (Phi) is 5.86. The molecule has 27 heavy (non-hydrogen) atoms. The van der Waals surface area contributed by atoms with Crippen LogP contribution in [0.5, 0.6) is 0 Å². The normalized spacial score (nSPS) is 17.7. The van der Waals surface area contributed by atoms with E-state index >= 15 is 0 Å². The van der Waals surface area contributed by atoms with Crippen LogP contribution < -0.4 is 5.32 Å². The molecular formula is C19H18F4N2O2. The van der Waals surface area contributed by atoms with Crippen molar-refractivity contribution in [1.29, 1.82) is 0 Å². The van der Waals surface area contributed by atoms with Crippen molar-refractivity contribution in [3.63, 3.8) is 0 Å². The molecule has 0 saturated carbocycles. The fraction of sp³-hybridized carbons (Fsp3) is 0.368. The Morgan fingerprint density at radius 2 is 2.04 bits per heavy atom. The van der Waals surface area contributed by atoms with E-state index in [-0.39, 0.29) is 30.3 Å². The van der Waals surface area contributed by atoms with Crippen molar-refractivity contribution < 1.29 is 27.1 Å². The SMILES string of the molecule is O=C(Cc1ccc(C(F)(F)F)nc1)Cc1ccc([C@H]2CNCCO2)cc1F. The van der Waals surface area contributed by atoms with E-state index < -0.39 is 17.7 Å². The summed E-state index contributed by atoms with van der Waals surface area (Å²) >= 11 is 0. The smallest absolute Gasteiger partial charge is 0.371 e. The second-order valence-corrected chi connectivity index (χ2v) is 6.36.